The van der Waals surface area contributed by atoms with Crippen molar-refractivity contribution in [1.82, 2.24) is 0 Å². The van der Waals surface area contributed by atoms with Gasteiger partial charge in [-0.15, -0.1) is 0 Å². The first-order valence-corrected chi connectivity index (χ1v) is 6.17. The number of benzene rings is 1. The minimum atomic E-state index is -0.654. The van der Waals surface area contributed by atoms with Crippen molar-refractivity contribution in [1.29, 1.82) is 5.26 Å². The molecule has 0 radical (unpaired) electrons. The molecule has 102 valence electrons. The van der Waals surface area contributed by atoms with E-state index in [4.69, 9.17) is 11.0 Å². The van der Waals surface area contributed by atoms with Gasteiger partial charge in [-0.25, -0.2) is 4.39 Å². The number of nitrogens with two attached hydrogens (primary N) is 1. The zero-order chi connectivity index (χ0) is 14.6. The lowest BCUT2D eigenvalue weighted by Crippen LogP contribution is -2.40. The summed E-state index contributed by atoms with van der Waals surface area (Å²) in [7, 11) is 0. The highest BCUT2D eigenvalue weighted by molar-refractivity contribution is 5.95. The summed E-state index contributed by atoms with van der Waals surface area (Å²) in [6, 6.07) is 3.78. The van der Waals surface area contributed by atoms with Crippen molar-refractivity contribution in [3.05, 3.63) is 29.1 Å². The van der Waals surface area contributed by atoms with E-state index in [-0.39, 0.29) is 17.4 Å². The average Bonchev–Trinajstić information content (AvgIpc) is 2.41. The fraction of sp³-hybridized carbons (Fsp3) is 0.429. The number of hydrogen-bond donors (Lipinski definition) is 2. The summed E-state index contributed by atoms with van der Waals surface area (Å²) < 4.78 is 13.6. The molecule has 0 saturated carbocycles. The molecule has 2 atom stereocenters. The molecule has 1 unspecified atom stereocenters. The van der Waals surface area contributed by atoms with Crippen molar-refractivity contribution in [2.24, 2.45) is 11.7 Å². The topological polar surface area (TPSA) is 78.9 Å². The number of nitrogens with zero attached hydrogens (tertiary/aromatic N) is 1. The molecule has 0 bridgehead atoms. The molecule has 4 nitrogen and oxygen atoms in total. The zero-order valence-electron chi connectivity index (χ0n) is 11.3. The van der Waals surface area contributed by atoms with E-state index >= 15 is 0 Å². The Kier molecular flexibility index (Phi) is 5.02. The van der Waals surface area contributed by atoms with E-state index in [1.807, 2.05) is 19.9 Å². The smallest absolute Gasteiger partial charge is 0.241 e. The van der Waals surface area contributed by atoms with Gasteiger partial charge in [-0.1, -0.05) is 20.3 Å². The molecule has 1 rings (SSSR count). The molecule has 1 amide bonds. The minimum Gasteiger partial charge on any atom is -0.324 e. The Hall–Kier alpha value is -1.93. The molecule has 0 aliphatic rings. The molecule has 1 aromatic carbocycles. The van der Waals surface area contributed by atoms with Gasteiger partial charge in [0.2, 0.25) is 5.91 Å². The lowest BCUT2D eigenvalue weighted by atomic mass is 9.99. The number of nitrogens with one attached hydrogen (secondary N) is 1. The van der Waals surface area contributed by atoms with E-state index in [1.165, 1.54) is 6.07 Å². The van der Waals surface area contributed by atoms with Crippen LogP contribution in [0, 0.1) is 30.0 Å². The van der Waals surface area contributed by atoms with Gasteiger partial charge in [0.05, 0.1) is 17.7 Å². The maximum atomic E-state index is 13.6. The second-order valence-corrected chi connectivity index (χ2v) is 4.64. The van der Waals surface area contributed by atoms with E-state index in [0.717, 1.165) is 12.5 Å². The monoisotopic (exact) mass is 263 g/mol. The fourth-order valence-electron chi connectivity index (χ4n) is 1.60. The maximum absolute atomic E-state index is 13.6. The highest BCUT2D eigenvalue weighted by atomic mass is 19.1. The van der Waals surface area contributed by atoms with Crippen LogP contribution < -0.4 is 11.1 Å². The average molecular weight is 263 g/mol. The normalized spacial score (nSPS) is 13.5. The summed E-state index contributed by atoms with van der Waals surface area (Å²) in [5, 5.41) is 11.4. The number of anilines is 1. The molecule has 5 heteroatoms. The van der Waals surface area contributed by atoms with Gasteiger partial charge in [0, 0.05) is 11.3 Å². The summed E-state index contributed by atoms with van der Waals surface area (Å²) in [6.45, 7) is 5.36. The SMILES string of the molecule is CCC(C)[C@H](N)C(=O)Nc1cc(C#N)cc(F)c1C. The molecule has 0 heterocycles. The summed E-state index contributed by atoms with van der Waals surface area (Å²) in [5.41, 5.74) is 6.56. The third-order valence-electron chi connectivity index (χ3n) is 3.29. The molecule has 0 aliphatic heterocycles. The molecule has 1 aromatic rings. The second-order valence-electron chi connectivity index (χ2n) is 4.64. The molecule has 19 heavy (non-hydrogen) atoms. The molecular weight excluding hydrogens is 245 g/mol. The fourth-order valence-corrected chi connectivity index (χ4v) is 1.60. The lowest BCUT2D eigenvalue weighted by Gasteiger charge is -2.18. The molecule has 0 aromatic heterocycles. The van der Waals surface area contributed by atoms with Crippen LogP contribution in [0.4, 0.5) is 10.1 Å². The van der Waals surface area contributed by atoms with Crippen LogP contribution in [-0.2, 0) is 4.79 Å². The van der Waals surface area contributed by atoms with Crippen molar-refractivity contribution in [2.75, 3.05) is 5.32 Å². The Labute approximate surface area is 112 Å². The van der Waals surface area contributed by atoms with Crippen LogP contribution in [-0.4, -0.2) is 11.9 Å². The van der Waals surface area contributed by atoms with E-state index in [1.54, 1.807) is 6.92 Å². The van der Waals surface area contributed by atoms with Gasteiger partial charge in [-0.05, 0) is 25.0 Å². The Morgan fingerprint density at radius 2 is 2.21 bits per heavy atom. The van der Waals surface area contributed by atoms with Gasteiger partial charge < -0.3 is 11.1 Å². The number of amides is 1. The first-order valence-electron chi connectivity index (χ1n) is 6.17. The van der Waals surface area contributed by atoms with Crippen LogP contribution in [0.2, 0.25) is 0 Å². The highest BCUT2D eigenvalue weighted by Crippen LogP contribution is 2.21. The van der Waals surface area contributed by atoms with Crippen LogP contribution in [0.25, 0.3) is 0 Å². The van der Waals surface area contributed by atoms with Gasteiger partial charge in [-0.3, -0.25) is 4.79 Å². The maximum Gasteiger partial charge on any atom is 0.241 e. The summed E-state index contributed by atoms with van der Waals surface area (Å²) >= 11 is 0. The number of hydrogen-bond acceptors (Lipinski definition) is 3. The summed E-state index contributed by atoms with van der Waals surface area (Å²) in [4.78, 5) is 11.9. The number of rotatable bonds is 4. The van der Waals surface area contributed by atoms with Crippen LogP contribution >= 0.6 is 0 Å². The molecule has 0 saturated heterocycles. The van der Waals surface area contributed by atoms with Gasteiger partial charge in [0.1, 0.15) is 5.82 Å². The quantitative estimate of drug-likeness (QED) is 0.875. The van der Waals surface area contributed by atoms with Crippen molar-refractivity contribution in [3.8, 4) is 6.07 Å². The Bertz CT molecular complexity index is 522. The number of carbonyl (C=O) groups is 1. The van der Waals surface area contributed by atoms with Gasteiger partial charge in [-0.2, -0.15) is 5.26 Å². The van der Waals surface area contributed by atoms with Crippen molar-refractivity contribution >= 4 is 11.6 Å². The number of carbonyl (C=O) groups excluding carboxylic acids is 1. The second kappa shape index (κ2) is 6.30. The van der Waals surface area contributed by atoms with E-state index in [2.05, 4.69) is 5.32 Å². The summed E-state index contributed by atoms with van der Waals surface area (Å²) in [6.07, 6.45) is 0.778. The molecule has 0 fully saturated rings. The lowest BCUT2D eigenvalue weighted by molar-refractivity contribution is -0.118. The molecule has 0 spiro atoms. The van der Waals surface area contributed by atoms with Crippen LogP contribution in [0.15, 0.2) is 12.1 Å². The number of nitriles is 1. The van der Waals surface area contributed by atoms with Crippen molar-refractivity contribution < 1.29 is 9.18 Å². The van der Waals surface area contributed by atoms with Crippen LogP contribution in [0.3, 0.4) is 0 Å². The van der Waals surface area contributed by atoms with Crippen molar-refractivity contribution in [3.63, 3.8) is 0 Å². The van der Waals surface area contributed by atoms with E-state index in [0.29, 0.717) is 11.3 Å². The summed E-state index contributed by atoms with van der Waals surface area (Å²) in [5.74, 6) is -0.859. The predicted molar refractivity (Wildman–Crippen MR) is 71.9 cm³/mol. The zero-order valence-corrected chi connectivity index (χ0v) is 11.3. The Morgan fingerprint density at radius 3 is 2.74 bits per heavy atom. The Balaban J connectivity index is 2.97. The Morgan fingerprint density at radius 1 is 1.58 bits per heavy atom. The molecule has 0 aliphatic carbocycles. The van der Waals surface area contributed by atoms with Crippen LogP contribution in [0.5, 0.6) is 0 Å². The molecular formula is C14H18FN3O. The standard InChI is InChI=1S/C14H18FN3O/c1-4-8(2)13(17)14(19)18-12-6-10(7-16)5-11(15)9(12)3/h5-6,8,13H,4,17H2,1-3H3,(H,18,19)/t8?,13-/m0/s1. The first kappa shape index (κ1) is 15.1. The van der Waals surface area contributed by atoms with Crippen molar-refractivity contribution in [2.45, 2.75) is 33.2 Å². The number of halogens is 1. The third kappa shape index (κ3) is 3.52. The van der Waals surface area contributed by atoms with E-state index < -0.39 is 11.9 Å². The largest absolute Gasteiger partial charge is 0.324 e. The minimum absolute atomic E-state index is 0.0318. The van der Waals surface area contributed by atoms with Gasteiger partial charge in [0.15, 0.2) is 0 Å². The molecule has 3 N–H and O–H groups in total. The van der Waals surface area contributed by atoms with E-state index in [9.17, 15) is 9.18 Å². The van der Waals surface area contributed by atoms with Crippen LogP contribution in [0.1, 0.15) is 31.4 Å². The van der Waals surface area contributed by atoms with Gasteiger partial charge >= 0.3 is 0 Å². The highest BCUT2D eigenvalue weighted by Gasteiger charge is 2.20. The predicted octanol–water partition coefficient (Wildman–Crippen LogP) is 2.32. The third-order valence-corrected chi connectivity index (χ3v) is 3.29. The first-order chi connectivity index (χ1) is 8.90. The van der Waals surface area contributed by atoms with Gasteiger partial charge in [0.25, 0.3) is 0 Å².